The van der Waals surface area contributed by atoms with Crippen molar-refractivity contribution in [1.29, 1.82) is 0 Å². The van der Waals surface area contributed by atoms with Crippen LogP contribution in [0, 0.1) is 12.8 Å². The van der Waals surface area contributed by atoms with E-state index >= 15 is 0 Å². The Morgan fingerprint density at radius 1 is 1.09 bits per heavy atom. The van der Waals surface area contributed by atoms with E-state index in [1.165, 1.54) is 76.8 Å². The monoisotopic (exact) mass is 313 g/mol. The Morgan fingerprint density at radius 3 is 2.61 bits per heavy atom. The summed E-state index contributed by atoms with van der Waals surface area (Å²) in [5.74, 6) is 1.01. The van der Waals surface area contributed by atoms with Crippen molar-refractivity contribution in [2.24, 2.45) is 5.92 Å². The highest BCUT2D eigenvalue weighted by atomic mass is 15.3. The third-order valence-corrected chi connectivity index (χ3v) is 6.56. The van der Waals surface area contributed by atoms with Crippen molar-refractivity contribution >= 4 is 0 Å². The van der Waals surface area contributed by atoms with Crippen molar-refractivity contribution in [3.05, 3.63) is 29.6 Å². The highest BCUT2D eigenvalue weighted by Gasteiger charge is 2.43. The van der Waals surface area contributed by atoms with Gasteiger partial charge in [0.15, 0.2) is 0 Å². The van der Waals surface area contributed by atoms with Crippen molar-refractivity contribution in [2.45, 2.75) is 64.0 Å². The van der Waals surface area contributed by atoms with Gasteiger partial charge in [0.25, 0.3) is 0 Å². The van der Waals surface area contributed by atoms with Crippen LogP contribution < -0.4 is 0 Å². The second-order valence-electron chi connectivity index (χ2n) is 8.12. The van der Waals surface area contributed by atoms with Crippen LogP contribution in [0.4, 0.5) is 0 Å². The standard InChI is InChI=1S/C20H31N3/c1-17-5-2-8-19(21-17)16-22-13-10-20(11-14-22)9-4-12-23(20)15-18-6-3-7-18/h2,5,8,18H,3-4,6-7,9-16H2,1H3. The molecule has 1 aromatic rings. The third-order valence-electron chi connectivity index (χ3n) is 6.56. The van der Waals surface area contributed by atoms with E-state index in [4.69, 9.17) is 0 Å². The van der Waals surface area contributed by atoms with Crippen molar-refractivity contribution in [3.8, 4) is 0 Å². The van der Waals surface area contributed by atoms with Crippen LogP contribution in [-0.2, 0) is 6.54 Å². The minimum absolute atomic E-state index is 0.548. The molecule has 23 heavy (non-hydrogen) atoms. The van der Waals surface area contributed by atoms with Crippen LogP contribution in [0.1, 0.15) is 56.3 Å². The van der Waals surface area contributed by atoms with Gasteiger partial charge in [-0.05, 0) is 70.0 Å². The predicted octanol–water partition coefficient (Wildman–Crippen LogP) is 3.62. The number of aromatic nitrogens is 1. The zero-order valence-corrected chi connectivity index (χ0v) is 14.6. The first kappa shape index (κ1) is 15.6. The number of aryl methyl sites for hydroxylation is 1. The van der Waals surface area contributed by atoms with Gasteiger partial charge in [-0.1, -0.05) is 12.5 Å². The molecule has 2 aliphatic heterocycles. The second-order valence-corrected chi connectivity index (χ2v) is 8.12. The summed E-state index contributed by atoms with van der Waals surface area (Å²) in [7, 11) is 0. The summed E-state index contributed by atoms with van der Waals surface area (Å²) in [4.78, 5) is 10.2. The molecule has 0 amide bonds. The third kappa shape index (κ3) is 3.32. The molecule has 0 unspecified atom stereocenters. The number of hydrogen-bond donors (Lipinski definition) is 0. The predicted molar refractivity (Wildman–Crippen MR) is 94.4 cm³/mol. The zero-order chi connectivity index (χ0) is 15.7. The fraction of sp³-hybridized carbons (Fsp3) is 0.750. The molecule has 3 heterocycles. The minimum atomic E-state index is 0.548. The van der Waals surface area contributed by atoms with Gasteiger partial charge in [0.1, 0.15) is 0 Å². The van der Waals surface area contributed by atoms with Crippen LogP contribution in [0.5, 0.6) is 0 Å². The first-order valence-corrected chi connectivity index (χ1v) is 9.63. The topological polar surface area (TPSA) is 19.4 Å². The summed E-state index contributed by atoms with van der Waals surface area (Å²) in [6, 6.07) is 6.40. The maximum Gasteiger partial charge on any atom is 0.0547 e. The Balaban J connectivity index is 1.34. The lowest BCUT2D eigenvalue weighted by molar-refractivity contribution is 0.0303. The largest absolute Gasteiger partial charge is 0.297 e. The molecule has 1 aromatic heterocycles. The lowest BCUT2D eigenvalue weighted by Gasteiger charge is -2.47. The van der Waals surface area contributed by atoms with E-state index in [-0.39, 0.29) is 0 Å². The van der Waals surface area contributed by atoms with Gasteiger partial charge in [0.2, 0.25) is 0 Å². The first-order valence-electron chi connectivity index (χ1n) is 9.63. The molecule has 126 valence electrons. The van der Waals surface area contributed by atoms with E-state index in [0.29, 0.717) is 5.54 Å². The van der Waals surface area contributed by atoms with Gasteiger partial charge in [-0.25, -0.2) is 0 Å². The number of pyridine rings is 1. The molecule has 0 atom stereocenters. The van der Waals surface area contributed by atoms with Crippen LogP contribution in [0.15, 0.2) is 18.2 Å². The molecular formula is C20H31N3. The van der Waals surface area contributed by atoms with Gasteiger partial charge in [0.05, 0.1) is 5.69 Å². The summed E-state index contributed by atoms with van der Waals surface area (Å²) in [6.45, 7) is 8.36. The van der Waals surface area contributed by atoms with Gasteiger partial charge in [-0.2, -0.15) is 0 Å². The van der Waals surface area contributed by atoms with E-state index in [9.17, 15) is 0 Å². The summed E-state index contributed by atoms with van der Waals surface area (Å²) in [6.07, 6.45) is 10.0. The van der Waals surface area contributed by atoms with E-state index in [0.717, 1.165) is 18.2 Å². The van der Waals surface area contributed by atoms with Crippen molar-refractivity contribution in [2.75, 3.05) is 26.2 Å². The second kappa shape index (κ2) is 6.52. The molecule has 0 N–H and O–H groups in total. The molecule has 0 radical (unpaired) electrons. The van der Waals surface area contributed by atoms with Crippen molar-refractivity contribution in [1.82, 2.24) is 14.8 Å². The summed E-state index contributed by atoms with van der Waals surface area (Å²) < 4.78 is 0. The molecule has 1 saturated carbocycles. The Kier molecular flexibility index (Phi) is 4.42. The van der Waals surface area contributed by atoms with E-state index in [1.807, 2.05) is 0 Å². The zero-order valence-electron chi connectivity index (χ0n) is 14.6. The Labute approximate surface area is 141 Å². The summed E-state index contributed by atoms with van der Waals surface area (Å²) >= 11 is 0. The number of nitrogens with zero attached hydrogens (tertiary/aromatic N) is 3. The average molecular weight is 313 g/mol. The van der Waals surface area contributed by atoms with Gasteiger partial charge in [0, 0.05) is 37.4 Å². The average Bonchev–Trinajstić information content (AvgIpc) is 2.88. The molecule has 4 rings (SSSR count). The fourth-order valence-electron chi connectivity index (χ4n) is 4.88. The highest BCUT2D eigenvalue weighted by molar-refractivity contribution is 5.10. The minimum Gasteiger partial charge on any atom is -0.297 e. The first-order chi connectivity index (χ1) is 11.2. The molecule has 1 spiro atoms. The number of likely N-dealkylation sites (tertiary alicyclic amines) is 2. The molecule has 0 aromatic carbocycles. The van der Waals surface area contributed by atoms with E-state index < -0.39 is 0 Å². The maximum atomic E-state index is 4.68. The van der Waals surface area contributed by atoms with Crippen LogP contribution in [0.3, 0.4) is 0 Å². The van der Waals surface area contributed by atoms with E-state index in [2.05, 4.69) is 39.9 Å². The maximum absolute atomic E-state index is 4.68. The van der Waals surface area contributed by atoms with Crippen molar-refractivity contribution in [3.63, 3.8) is 0 Å². The molecule has 2 saturated heterocycles. The van der Waals surface area contributed by atoms with Gasteiger partial charge in [-0.15, -0.1) is 0 Å². The van der Waals surface area contributed by atoms with Crippen molar-refractivity contribution < 1.29 is 0 Å². The lowest BCUT2D eigenvalue weighted by Crippen LogP contribution is -2.53. The van der Waals surface area contributed by atoms with Crippen LogP contribution >= 0.6 is 0 Å². The number of piperidine rings is 1. The molecule has 0 bridgehead atoms. The SMILES string of the molecule is Cc1cccc(CN2CCC3(CCCN3CC3CCC3)CC2)n1. The quantitative estimate of drug-likeness (QED) is 0.846. The lowest BCUT2D eigenvalue weighted by atomic mass is 9.81. The van der Waals surface area contributed by atoms with Crippen LogP contribution in [0.25, 0.3) is 0 Å². The Bertz CT molecular complexity index is 529. The van der Waals surface area contributed by atoms with Gasteiger partial charge < -0.3 is 0 Å². The normalized spacial score (nSPS) is 25.8. The fourth-order valence-corrected chi connectivity index (χ4v) is 4.88. The molecule has 3 heteroatoms. The van der Waals surface area contributed by atoms with Crippen LogP contribution in [0.2, 0.25) is 0 Å². The molecule has 3 fully saturated rings. The number of rotatable bonds is 4. The molecule has 1 aliphatic carbocycles. The van der Waals surface area contributed by atoms with Crippen LogP contribution in [-0.4, -0.2) is 46.5 Å². The smallest absolute Gasteiger partial charge is 0.0547 e. The summed E-state index contributed by atoms with van der Waals surface area (Å²) in [5, 5.41) is 0. The van der Waals surface area contributed by atoms with Gasteiger partial charge >= 0.3 is 0 Å². The Morgan fingerprint density at radius 2 is 1.91 bits per heavy atom. The molecular weight excluding hydrogens is 282 g/mol. The highest BCUT2D eigenvalue weighted by Crippen LogP contribution is 2.41. The summed E-state index contributed by atoms with van der Waals surface area (Å²) in [5.41, 5.74) is 2.92. The number of hydrogen-bond acceptors (Lipinski definition) is 3. The molecule has 3 nitrogen and oxygen atoms in total. The van der Waals surface area contributed by atoms with Gasteiger partial charge in [-0.3, -0.25) is 14.8 Å². The molecule has 3 aliphatic rings. The van der Waals surface area contributed by atoms with E-state index in [1.54, 1.807) is 0 Å². The Hall–Kier alpha value is -0.930.